The minimum Gasteiger partial charge on any atom is -0.497 e. The molecule has 3 rings (SSSR count). The van der Waals surface area contributed by atoms with Gasteiger partial charge in [0.25, 0.3) is 11.7 Å². The van der Waals surface area contributed by atoms with Gasteiger partial charge in [0.2, 0.25) is 0 Å². The summed E-state index contributed by atoms with van der Waals surface area (Å²) < 4.78 is 5.15. The van der Waals surface area contributed by atoms with E-state index in [0.717, 1.165) is 4.88 Å². The van der Waals surface area contributed by atoms with E-state index >= 15 is 0 Å². The molecule has 1 aromatic carbocycles. The van der Waals surface area contributed by atoms with Crippen LogP contribution < -0.4 is 9.64 Å². The molecule has 0 N–H and O–H groups in total. The largest absolute Gasteiger partial charge is 0.497 e. The first-order valence-corrected chi connectivity index (χ1v) is 6.65. The van der Waals surface area contributed by atoms with Gasteiger partial charge in [-0.05, 0) is 23.6 Å². The highest BCUT2D eigenvalue weighted by Crippen LogP contribution is 2.33. The molecule has 0 aliphatic carbocycles. The van der Waals surface area contributed by atoms with Gasteiger partial charge in [-0.2, -0.15) is 0 Å². The van der Waals surface area contributed by atoms with Crippen molar-refractivity contribution in [1.29, 1.82) is 0 Å². The van der Waals surface area contributed by atoms with E-state index in [9.17, 15) is 9.59 Å². The molecule has 1 aromatic heterocycles. The van der Waals surface area contributed by atoms with Crippen LogP contribution in [0.3, 0.4) is 0 Å². The molecule has 2 heterocycles. The minimum absolute atomic E-state index is 0.419. The molecule has 4 nitrogen and oxygen atoms in total. The van der Waals surface area contributed by atoms with E-state index in [0.29, 0.717) is 23.5 Å². The van der Waals surface area contributed by atoms with Crippen LogP contribution in [0, 0.1) is 0 Å². The van der Waals surface area contributed by atoms with Crippen LogP contribution in [-0.4, -0.2) is 18.8 Å². The molecule has 5 heteroatoms. The molecule has 19 heavy (non-hydrogen) atoms. The lowest BCUT2D eigenvalue weighted by Crippen LogP contribution is -2.28. The molecule has 0 unspecified atom stereocenters. The first-order valence-electron chi connectivity index (χ1n) is 5.77. The number of benzene rings is 1. The number of carbonyl (C=O) groups excluding carboxylic acids is 2. The fourth-order valence-corrected chi connectivity index (χ4v) is 2.81. The van der Waals surface area contributed by atoms with E-state index in [1.165, 1.54) is 4.90 Å². The quantitative estimate of drug-likeness (QED) is 0.807. The molecule has 1 amide bonds. The van der Waals surface area contributed by atoms with Crippen molar-refractivity contribution in [2.45, 2.75) is 6.54 Å². The van der Waals surface area contributed by atoms with Crippen LogP contribution in [0.25, 0.3) is 0 Å². The Morgan fingerprint density at radius 3 is 2.79 bits per heavy atom. The monoisotopic (exact) mass is 273 g/mol. The molecule has 96 valence electrons. The number of nitrogens with zero attached hydrogens (tertiary/aromatic N) is 1. The topological polar surface area (TPSA) is 46.6 Å². The molecular weight excluding hydrogens is 262 g/mol. The highest BCUT2D eigenvalue weighted by atomic mass is 32.1. The van der Waals surface area contributed by atoms with Crippen LogP contribution in [0.15, 0.2) is 35.7 Å². The zero-order valence-electron chi connectivity index (χ0n) is 10.3. The zero-order chi connectivity index (χ0) is 13.4. The first-order chi connectivity index (χ1) is 9.20. The van der Waals surface area contributed by atoms with Crippen molar-refractivity contribution in [3.63, 3.8) is 0 Å². The third kappa shape index (κ3) is 1.92. The van der Waals surface area contributed by atoms with Gasteiger partial charge < -0.3 is 4.74 Å². The second-order valence-corrected chi connectivity index (χ2v) is 5.22. The summed E-state index contributed by atoms with van der Waals surface area (Å²) in [5.74, 6) is -0.289. The van der Waals surface area contributed by atoms with Crippen LogP contribution in [0.1, 0.15) is 15.2 Å². The van der Waals surface area contributed by atoms with Crippen molar-refractivity contribution in [2.24, 2.45) is 0 Å². The summed E-state index contributed by atoms with van der Waals surface area (Å²) >= 11 is 1.56. The van der Waals surface area contributed by atoms with Crippen molar-refractivity contribution < 1.29 is 14.3 Å². The third-order valence-electron chi connectivity index (χ3n) is 3.07. The molecule has 0 atom stereocenters. The van der Waals surface area contributed by atoms with E-state index in [4.69, 9.17) is 4.74 Å². The fraction of sp³-hybridized carbons (Fsp3) is 0.143. The standard InChI is InChI=1S/C14H11NO3S/c1-18-9-4-5-11-12(7-9)15(14(17)13(11)16)8-10-3-2-6-19-10/h2-7H,8H2,1H3. The maximum absolute atomic E-state index is 12.0. The van der Waals surface area contributed by atoms with E-state index in [-0.39, 0.29) is 0 Å². The number of thiophene rings is 1. The normalized spacial score (nSPS) is 13.8. The van der Waals surface area contributed by atoms with E-state index in [2.05, 4.69) is 0 Å². The SMILES string of the molecule is COc1ccc2c(c1)N(Cc1cccs1)C(=O)C2=O. The number of amides is 1. The molecule has 0 radical (unpaired) electrons. The molecule has 0 fully saturated rings. The number of fused-ring (bicyclic) bond motifs is 1. The Kier molecular flexibility index (Phi) is 2.83. The summed E-state index contributed by atoms with van der Waals surface area (Å²) in [5, 5.41) is 1.95. The van der Waals surface area contributed by atoms with Crippen molar-refractivity contribution >= 4 is 28.7 Å². The Labute approximate surface area is 114 Å². The number of rotatable bonds is 3. The van der Waals surface area contributed by atoms with E-state index < -0.39 is 11.7 Å². The Hall–Kier alpha value is -2.14. The van der Waals surface area contributed by atoms with Crippen molar-refractivity contribution in [1.82, 2.24) is 0 Å². The van der Waals surface area contributed by atoms with E-state index in [1.54, 1.807) is 36.6 Å². The van der Waals surface area contributed by atoms with Crippen molar-refractivity contribution in [3.8, 4) is 5.75 Å². The summed E-state index contributed by atoms with van der Waals surface area (Å²) in [6, 6.07) is 8.93. The maximum atomic E-state index is 12.0. The van der Waals surface area contributed by atoms with Gasteiger partial charge in [0, 0.05) is 10.9 Å². The summed E-state index contributed by atoms with van der Waals surface area (Å²) in [7, 11) is 1.56. The minimum atomic E-state index is -0.475. The predicted octanol–water partition coefficient (Wildman–Crippen LogP) is 2.49. The molecule has 0 saturated carbocycles. The molecular formula is C14H11NO3S. The second kappa shape index (κ2) is 4.51. The van der Waals surface area contributed by atoms with Gasteiger partial charge in [0.1, 0.15) is 5.75 Å². The number of carbonyl (C=O) groups is 2. The molecule has 0 bridgehead atoms. The van der Waals surface area contributed by atoms with Gasteiger partial charge in [-0.25, -0.2) is 0 Å². The fourth-order valence-electron chi connectivity index (χ4n) is 2.12. The number of hydrogen-bond donors (Lipinski definition) is 0. The van der Waals surface area contributed by atoms with Crippen LogP contribution >= 0.6 is 11.3 Å². The van der Waals surface area contributed by atoms with Crippen LogP contribution in [0.5, 0.6) is 5.75 Å². The second-order valence-electron chi connectivity index (χ2n) is 4.18. The number of Topliss-reactive ketones (excluding diaryl/α,β-unsaturated/α-hetero) is 1. The van der Waals surface area contributed by atoms with Gasteiger partial charge in [0.15, 0.2) is 0 Å². The summed E-state index contributed by atoms with van der Waals surface area (Å²) in [4.78, 5) is 26.5. The highest BCUT2D eigenvalue weighted by molar-refractivity contribution is 7.09. The Morgan fingerprint density at radius 2 is 2.11 bits per heavy atom. The maximum Gasteiger partial charge on any atom is 0.299 e. The van der Waals surface area contributed by atoms with Gasteiger partial charge >= 0.3 is 0 Å². The van der Waals surface area contributed by atoms with Crippen LogP contribution in [0.2, 0.25) is 0 Å². The smallest absolute Gasteiger partial charge is 0.299 e. The van der Waals surface area contributed by atoms with Gasteiger partial charge in [-0.15, -0.1) is 11.3 Å². The summed E-state index contributed by atoms with van der Waals surface area (Å²) in [6.45, 7) is 0.419. The Bertz CT molecular complexity index is 649. The first kappa shape index (κ1) is 11.9. The molecule has 1 aliphatic heterocycles. The average Bonchev–Trinajstić information content (AvgIpc) is 3.02. The number of methoxy groups -OCH3 is 1. The summed E-state index contributed by atoms with van der Waals surface area (Å²) in [5.41, 5.74) is 1.07. The van der Waals surface area contributed by atoms with Gasteiger partial charge in [-0.3, -0.25) is 14.5 Å². The lowest BCUT2D eigenvalue weighted by atomic mass is 10.1. The number of hydrogen-bond acceptors (Lipinski definition) is 4. The predicted molar refractivity (Wildman–Crippen MR) is 72.8 cm³/mol. The average molecular weight is 273 g/mol. The lowest BCUT2D eigenvalue weighted by molar-refractivity contribution is -0.114. The van der Waals surface area contributed by atoms with E-state index in [1.807, 2.05) is 17.5 Å². The van der Waals surface area contributed by atoms with Gasteiger partial charge in [-0.1, -0.05) is 6.07 Å². The Balaban J connectivity index is 2.02. The van der Waals surface area contributed by atoms with Crippen LogP contribution in [-0.2, 0) is 11.3 Å². The third-order valence-corrected chi connectivity index (χ3v) is 3.93. The molecule has 0 spiro atoms. The van der Waals surface area contributed by atoms with Crippen LogP contribution in [0.4, 0.5) is 5.69 Å². The zero-order valence-corrected chi connectivity index (χ0v) is 11.1. The lowest BCUT2D eigenvalue weighted by Gasteiger charge is -2.15. The summed E-state index contributed by atoms with van der Waals surface area (Å²) in [6.07, 6.45) is 0. The molecule has 1 aliphatic rings. The molecule has 2 aromatic rings. The van der Waals surface area contributed by atoms with Crippen molar-refractivity contribution in [2.75, 3.05) is 12.0 Å². The van der Waals surface area contributed by atoms with Gasteiger partial charge in [0.05, 0.1) is 24.9 Å². The number of ether oxygens (including phenoxy) is 1. The highest BCUT2D eigenvalue weighted by Gasteiger charge is 2.36. The number of ketones is 1. The number of anilines is 1. The molecule has 0 saturated heterocycles. The Morgan fingerprint density at radius 1 is 1.26 bits per heavy atom. The van der Waals surface area contributed by atoms with Crippen molar-refractivity contribution in [3.05, 3.63) is 46.2 Å².